The Labute approximate surface area is 168 Å². The van der Waals surface area contributed by atoms with Gasteiger partial charge in [0.2, 0.25) is 5.95 Å². The molecule has 2 aromatic heterocycles. The Morgan fingerprint density at radius 3 is 2.48 bits per heavy atom. The lowest BCUT2D eigenvalue weighted by Gasteiger charge is -2.15. The third-order valence-electron chi connectivity index (χ3n) is 3.95. The van der Waals surface area contributed by atoms with Crippen LogP contribution < -0.4 is 16.2 Å². The summed E-state index contributed by atoms with van der Waals surface area (Å²) < 4.78 is 0. The molecule has 140 valence electrons. The minimum absolute atomic E-state index is 0.254. The van der Waals surface area contributed by atoms with Crippen molar-refractivity contribution in [1.82, 2.24) is 15.0 Å². The van der Waals surface area contributed by atoms with Gasteiger partial charge >= 0.3 is 0 Å². The number of nitrogens with zero attached hydrogens (tertiary/aromatic N) is 3. The number of anilines is 3. The predicted octanol–water partition coefficient (Wildman–Crippen LogP) is 5.49. The molecule has 0 aliphatic carbocycles. The quantitative estimate of drug-likeness (QED) is 0.453. The molecule has 27 heavy (non-hydrogen) atoms. The van der Waals surface area contributed by atoms with Crippen LogP contribution in [0.3, 0.4) is 0 Å². The SMILES string of the molecule is CC[C@H](C)Nc1nc(NNc2ccc(Cl)cc2Cl)cc(-c2ccncc2)n1. The van der Waals surface area contributed by atoms with Gasteiger partial charge in [0.25, 0.3) is 0 Å². The van der Waals surface area contributed by atoms with Crippen LogP contribution in [0.15, 0.2) is 48.8 Å². The van der Waals surface area contributed by atoms with Crippen LogP contribution in [0.4, 0.5) is 17.5 Å². The minimum atomic E-state index is 0.254. The van der Waals surface area contributed by atoms with Gasteiger partial charge in [-0.15, -0.1) is 0 Å². The highest BCUT2D eigenvalue weighted by molar-refractivity contribution is 6.36. The Morgan fingerprint density at radius 1 is 1.00 bits per heavy atom. The van der Waals surface area contributed by atoms with Gasteiger partial charge in [-0.2, -0.15) is 4.98 Å². The van der Waals surface area contributed by atoms with Crippen LogP contribution in [0.1, 0.15) is 20.3 Å². The first kappa shape index (κ1) is 19.2. The Bertz CT molecular complexity index is 904. The zero-order chi connectivity index (χ0) is 19.2. The highest BCUT2D eigenvalue weighted by atomic mass is 35.5. The zero-order valence-corrected chi connectivity index (χ0v) is 16.5. The number of pyridine rings is 1. The van der Waals surface area contributed by atoms with Crippen LogP contribution in [0.25, 0.3) is 11.3 Å². The molecule has 2 heterocycles. The number of benzene rings is 1. The summed E-state index contributed by atoms with van der Waals surface area (Å²) in [7, 11) is 0. The molecule has 1 atom stereocenters. The fourth-order valence-electron chi connectivity index (χ4n) is 2.29. The van der Waals surface area contributed by atoms with Crippen molar-refractivity contribution >= 4 is 40.7 Å². The Morgan fingerprint density at radius 2 is 1.78 bits per heavy atom. The maximum Gasteiger partial charge on any atom is 0.225 e. The Hall–Kier alpha value is -2.57. The molecule has 0 aliphatic rings. The summed E-state index contributed by atoms with van der Waals surface area (Å²) >= 11 is 12.1. The van der Waals surface area contributed by atoms with Gasteiger partial charge in [-0.05, 0) is 43.7 Å². The summed E-state index contributed by atoms with van der Waals surface area (Å²) in [6, 6.07) is 11.1. The van der Waals surface area contributed by atoms with E-state index >= 15 is 0 Å². The number of nitrogens with one attached hydrogen (secondary N) is 3. The van der Waals surface area contributed by atoms with E-state index < -0.39 is 0 Å². The van der Waals surface area contributed by atoms with Crippen molar-refractivity contribution in [2.75, 3.05) is 16.2 Å². The first-order valence-corrected chi connectivity index (χ1v) is 9.34. The second-order valence-electron chi connectivity index (χ2n) is 6.03. The third kappa shape index (κ3) is 5.21. The first-order chi connectivity index (χ1) is 13.0. The van der Waals surface area contributed by atoms with Crippen molar-refractivity contribution in [2.24, 2.45) is 0 Å². The molecule has 1 aromatic carbocycles. The van der Waals surface area contributed by atoms with E-state index in [1.165, 1.54) is 0 Å². The normalized spacial score (nSPS) is 11.7. The molecule has 0 radical (unpaired) electrons. The molecule has 3 aromatic rings. The van der Waals surface area contributed by atoms with Crippen LogP contribution in [0, 0.1) is 0 Å². The zero-order valence-electron chi connectivity index (χ0n) is 15.0. The second kappa shape index (κ2) is 8.88. The lowest BCUT2D eigenvalue weighted by Crippen LogP contribution is -2.17. The van der Waals surface area contributed by atoms with Gasteiger partial charge in [0.05, 0.1) is 16.4 Å². The van der Waals surface area contributed by atoms with Gasteiger partial charge in [0, 0.05) is 35.1 Å². The first-order valence-electron chi connectivity index (χ1n) is 8.58. The van der Waals surface area contributed by atoms with Crippen molar-refractivity contribution in [3.05, 3.63) is 58.8 Å². The number of aromatic nitrogens is 3. The van der Waals surface area contributed by atoms with Gasteiger partial charge in [-0.25, -0.2) is 4.98 Å². The van der Waals surface area contributed by atoms with E-state index in [1.54, 1.807) is 30.6 Å². The molecule has 0 amide bonds. The van der Waals surface area contributed by atoms with Crippen LogP contribution in [-0.4, -0.2) is 21.0 Å². The topological polar surface area (TPSA) is 74.8 Å². The predicted molar refractivity (Wildman–Crippen MR) is 112 cm³/mol. The van der Waals surface area contributed by atoms with Crippen molar-refractivity contribution in [2.45, 2.75) is 26.3 Å². The lowest BCUT2D eigenvalue weighted by molar-refractivity contribution is 0.753. The fourth-order valence-corrected chi connectivity index (χ4v) is 2.75. The van der Waals surface area contributed by atoms with E-state index in [1.807, 2.05) is 18.2 Å². The van der Waals surface area contributed by atoms with Gasteiger partial charge in [0.15, 0.2) is 5.82 Å². The van der Waals surface area contributed by atoms with Gasteiger partial charge in [-0.3, -0.25) is 15.8 Å². The summed E-state index contributed by atoms with van der Waals surface area (Å²) in [5, 5.41) is 4.40. The number of hydrogen-bond donors (Lipinski definition) is 3. The molecule has 0 bridgehead atoms. The van der Waals surface area contributed by atoms with Gasteiger partial charge in [0.1, 0.15) is 0 Å². The van der Waals surface area contributed by atoms with Crippen LogP contribution in [-0.2, 0) is 0 Å². The molecule has 8 heteroatoms. The largest absolute Gasteiger partial charge is 0.352 e. The minimum Gasteiger partial charge on any atom is -0.352 e. The number of halogens is 2. The molecular formula is C19H20Cl2N6. The van der Waals surface area contributed by atoms with Crippen molar-refractivity contribution < 1.29 is 0 Å². The fraction of sp³-hybridized carbons (Fsp3) is 0.211. The number of hydrogen-bond acceptors (Lipinski definition) is 6. The van der Waals surface area contributed by atoms with Crippen LogP contribution in [0.2, 0.25) is 10.0 Å². The number of rotatable bonds is 7. The molecule has 6 nitrogen and oxygen atoms in total. The van der Waals surface area contributed by atoms with Gasteiger partial charge in [-0.1, -0.05) is 30.1 Å². The highest BCUT2D eigenvalue weighted by Gasteiger charge is 2.09. The average Bonchev–Trinajstić information content (AvgIpc) is 2.67. The standard InChI is InChI=1S/C19H20Cl2N6/c1-3-12(2)23-19-24-17(13-6-8-22-9-7-13)11-18(25-19)27-26-16-5-4-14(20)10-15(16)21/h4-12,26H,3H2,1-2H3,(H2,23,24,25,27)/t12-/m0/s1. The maximum absolute atomic E-state index is 6.20. The van der Waals surface area contributed by atoms with E-state index in [4.69, 9.17) is 23.2 Å². The number of hydrazine groups is 1. The monoisotopic (exact) mass is 402 g/mol. The molecule has 0 fully saturated rings. The Balaban J connectivity index is 1.87. The van der Waals surface area contributed by atoms with Crippen molar-refractivity contribution in [3.8, 4) is 11.3 Å². The summed E-state index contributed by atoms with van der Waals surface area (Å²) in [5.41, 5.74) is 8.57. The smallest absolute Gasteiger partial charge is 0.225 e. The molecule has 0 saturated heterocycles. The summed E-state index contributed by atoms with van der Waals surface area (Å²) in [4.78, 5) is 13.2. The summed E-state index contributed by atoms with van der Waals surface area (Å²) in [6.07, 6.45) is 4.43. The molecule has 0 unspecified atom stereocenters. The molecular weight excluding hydrogens is 383 g/mol. The van der Waals surface area contributed by atoms with E-state index in [0.717, 1.165) is 17.7 Å². The molecule has 0 saturated carbocycles. The van der Waals surface area contributed by atoms with Crippen LogP contribution in [0.5, 0.6) is 0 Å². The van der Waals surface area contributed by atoms with Gasteiger partial charge < -0.3 is 5.32 Å². The maximum atomic E-state index is 6.20. The van der Waals surface area contributed by atoms with Crippen molar-refractivity contribution in [1.29, 1.82) is 0 Å². The lowest BCUT2D eigenvalue weighted by atomic mass is 10.2. The molecule has 0 aliphatic heterocycles. The van der Waals surface area contributed by atoms with E-state index in [2.05, 4.69) is 45.0 Å². The molecule has 0 spiro atoms. The van der Waals surface area contributed by atoms with E-state index in [-0.39, 0.29) is 6.04 Å². The summed E-state index contributed by atoms with van der Waals surface area (Å²) in [5.74, 6) is 1.15. The highest BCUT2D eigenvalue weighted by Crippen LogP contribution is 2.26. The van der Waals surface area contributed by atoms with E-state index in [9.17, 15) is 0 Å². The van der Waals surface area contributed by atoms with E-state index in [0.29, 0.717) is 27.5 Å². The summed E-state index contributed by atoms with van der Waals surface area (Å²) in [6.45, 7) is 4.19. The molecule has 3 rings (SSSR count). The third-order valence-corrected chi connectivity index (χ3v) is 4.49. The molecule has 3 N–H and O–H groups in total. The van der Waals surface area contributed by atoms with Crippen LogP contribution >= 0.6 is 23.2 Å². The average molecular weight is 403 g/mol. The second-order valence-corrected chi connectivity index (χ2v) is 6.87. The van der Waals surface area contributed by atoms with Crippen molar-refractivity contribution in [3.63, 3.8) is 0 Å². The Kier molecular flexibility index (Phi) is 6.32.